The molecule has 4 aromatic rings. The summed E-state index contributed by atoms with van der Waals surface area (Å²) in [7, 11) is 1.68. The summed E-state index contributed by atoms with van der Waals surface area (Å²) in [6, 6.07) is 19.6. The molecule has 2 heterocycles. The molecule has 4 rings (SSSR count). The summed E-state index contributed by atoms with van der Waals surface area (Å²) in [5, 5.41) is 0.764. The van der Waals surface area contributed by atoms with Crippen molar-refractivity contribution in [1.29, 1.82) is 0 Å². The summed E-state index contributed by atoms with van der Waals surface area (Å²) in [6.07, 6.45) is 0.996. The average Bonchev–Trinajstić information content (AvgIpc) is 3.13. The first-order valence-electron chi connectivity index (χ1n) is 10.0. The number of hydrogen-bond acceptors (Lipinski definition) is 4. The molecule has 0 aliphatic carbocycles. The summed E-state index contributed by atoms with van der Waals surface area (Å²) in [6.45, 7) is 2.87. The van der Waals surface area contributed by atoms with E-state index in [0.717, 1.165) is 28.5 Å². The van der Waals surface area contributed by atoms with E-state index in [4.69, 9.17) is 4.98 Å². The van der Waals surface area contributed by atoms with Gasteiger partial charge in [-0.05, 0) is 17.5 Å². The molecule has 154 valence electrons. The van der Waals surface area contributed by atoms with E-state index < -0.39 is 0 Å². The van der Waals surface area contributed by atoms with Crippen molar-refractivity contribution in [1.82, 2.24) is 18.7 Å². The summed E-state index contributed by atoms with van der Waals surface area (Å²) in [5.74, 6) is 0.893. The van der Waals surface area contributed by atoms with Gasteiger partial charge in [0.1, 0.15) is 0 Å². The Balaban J connectivity index is 1.92. The fourth-order valence-corrected chi connectivity index (χ4v) is 4.32. The molecule has 0 saturated carbocycles. The maximum Gasteiger partial charge on any atom is 0.332 e. The van der Waals surface area contributed by atoms with Crippen molar-refractivity contribution in [3.8, 4) is 0 Å². The number of nitrogens with zero attached hydrogens (tertiary/aromatic N) is 4. The van der Waals surface area contributed by atoms with E-state index in [2.05, 4.69) is 6.92 Å². The fourth-order valence-electron chi connectivity index (χ4n) is 3.47. The Morgan fingerprint density at radius 1 is 0.867 bits per heavy atom. The second-order valence-corrected chi connectivity index (χ2v) is 8.27. The molecule has 0 N–H and O–H groups in total. The number of hydrogen-bond donors (Lipinski definition) is 0. The molecule has 0 saturated heterocycles. The monoisotopic (exact) mass is 420 g/mol. The van der Waals surface area contributed by atoms with Crippen molar-refractivity contribution in [3.63, 3.8) is 0 Å². The Bertz CT molecular complexity index is 1270. The van der Waals surface area contributed by atoms with Gasteiger partial charge in [0, 0.05) is 12.8 Å². The molecule has 0 atom stereocenters. The van der Waals surface area contributed by atoms with Gasteiger partial charge in [-0.3, -0.25) is 13.9 Å². The molecular formula is C23H24N4O2S. The van der Waals surface area contributed by atoms with Crippen LogP contribution < -0.4 is 11.2 Å². The van der Waals surface area contributed by atoms with Crippen molar-refractivity contribution in [2.45, 2.75) is 31.6 Å². The quantitative estimate of drug-likeness (QED) is 0.430. The van der Waals surface area contributed by atoms with Gasteiger partial charge >= 0.3 is 5.69 Å². The zero-order chi connectivity index (χ0) is 21.1. The third kappa shape index (κ3) is 3.85. The zero-order valence-electron chi connectivity index (χ0n) is 17.1. The maximum atomic E-state index is 13.5. The van der Waals surface area contributed by atoms with Crippen LogP contribution in [0.5, 0.6) is 0 Å². The van der Waals surface area contributed by atoms with Crippen molar-refractivity contribution >= 4 is 22.9 Å². The lowest BCUT2D eigenvalue weighted by Gasteiger charge is -2.11. The molecule has 2 aromatic carbocycles. The SMILES string of the molecule is CCCSc1nc2c(c(=O)n(Cc3ccccc3)c(=O)n2C)n1Cc1ccccc1. The highest BCUT2D eigenvalue weighted by Gasteiger charge is 2.20. The Kier molecular flexibility index (Phi) is 5.90. The Hall–Kier alpha value is -3.06. The van der Waals surface area contributed by atoms with Crippen LogP contribution in [0.2, 0.25) is 0 Å². The minimum Gasteiger partial charge on any atom is -0.309 e. The van der Waals surface area contributed by atoms with Gasteiger partial charge in [-0.2, -0.15) is 0 Å². The first kappa shape index (κ1) is 20.2. The van der Waals surface area contributed by atoms with Gasteiger partial charge in [-0.1, -0.05) is 79.3 Å². The van der Waals surface area contributed by atoms with Gasteiger partial charge in [-0.25, -0.2) is 9.78 Å². The third-order valence-corrected chi connectivity index (χ3v) is 6.18. The summed E-state index contributed by atoms with van der Waals surface area (Å²) < 4.78 is 4.74. The number of fused-ring (bicyclic) bond motifs is 1. The van der Waals surface area contributed by atoms with Crippen LogP contribution in [0.1, 0.15) is 24.5 Å². The molecular weight excluding hydrogens is 396 g/mol. The van der Waals surface area contributed by atoms with Crippen LogP contribution in [0.3, 0.4) is 0 Å². The van der Waals surface area contributed by atoms with Gasteiger partial charge in [0.05, 0.1) is 13.1 Å². The number of aromatic nitrogens is 4. The summed E-state index contributed by atoms with van der Waals surface area (Å²) in [4.78, 5) is 31.1. The first-order valence-corrected chi connectivity index (χ1v) is 11.0. The lowest BCUT2D eigenvalue weighted by Crippen LogP contribution is -2.40. The van der Waals surface area contributed by atoms with Gasteiger partial charge in [0.25, 0.3) is 5.56 Å². The van der Waals surface area contributed by atoms with E-state index in [-0.39, 0.29) is 17.8 Å². The summed E-state index contributed by atoms with van der Waals surface area (Å²) >= 11 is 1.61. The van der Waals surface area contributed by atoms with E-state index in [1.165, 1.54) is 9.13 Å². The minimum absolute atomic E-state index is 0.232. The lowest BCUT2D eigenvalue weighted by molar-refractivity contribution is 0.651. The molecule has 0 unspecified atom stereocenters. The number of aryl methyl sites for hydroxylation is 1. The fraction of sp³-hybridized carbons (Fsp3) is 0.261. The van der Waals surface area contributed by atoms with Crippen molar-refractivity contribution in [3.05, 3.63) is 92.6 Å². The molecule has 0 amide bonds. The van der Waals surface area contributed by atoms with Crippen molar-refractivity contribution < 1.29 is 0 Å². The second-order valence-electron chi connectivity index (χ2n) is 7.21. The molecule has 7 heteroatoms. The smallest absolute Gasteiger partial charge is 0.309 e. The minimum atomic E-state index is -0.354. The molecule has 0 aliphatic heterocycles. The van der Waals surface area contributed by atoms with Crippen LogP contribution in [-0.4, -0.2) is 24.4 Å². The Labute approximate surface area is 178 Å². The molecule has 2 aromatic heterocycles. The molecule has 30 heavy (non-hydrogen) atoms. The molecule has 6 nitrogen and oxygen atoms in total. The van der Waals surface area contributed by atoms with E-state index in [0.29, 0.717) is 17.7 Å². The standard InChI is InChI=1S/C23H24N4O2S/c1-3-14-30-22-24-20-19(26(22)15-17-10-6-4-7-11-17)21(28)27(23(29)25(20)2)16-18-12-8-5-9-13-18/h4-13H,3,14-16H2,1-2H3. The molecule has 0 spiro atoms. The molecule has 0 bridgehead atoms. The first-order chi connectivity index (χ1) is 14.6. The van der Waals surface area contributed by atoms with Crippen LogP contribution >= 0.6 is 11.8 Å². The Morgan fingerprint density at radius 3 is 2.00 bits per heavy atom. The molecule has 0 fully saturated rings. The highest BCUT2D eigenvalue weighted by Crippen LogP contribution is 2.23. The van der Waals surface area contributed by atoms with Gasteiger partial charge < -0.3 is 4.57 Å². The predicted molar refractivity (Wildman–Crippen MR) is 121 cm³/mol. The average molecular weight is 421 g/mol. The van der Waals surface area contributed by atoms with Crippen molar-refractivity contribution in [2.24, 2.45) is 7.05 Å². The zero-order valence-corrected chi connectivity index (χ0v) is 17.9. The van der Waals surface area contributed by atoms with E-state index in [1.807, 2.05) is 65.2 Å². The molecule has 0 radical (unpaired) electrons. The highest BCUT2D eigenvalue weighted by atomic mass is 32.2. The number of benzene rings is 2. The van der Waals surface area contributed by atoms with E-state index in [1.54, 1.807) is 18.8 Å². The van der Waals surface area contributed by atoms with Gasteiger partial charge in [0.15, 0.2) is 16.3 Å². The molecule has 0 aliphatic rings. The van der Waals surface area contributed by atoms with E-state index >= 15 is 0 Å². The topological polar surface area (TPSA) is 61.8 Å². The van der Waals surface area contributed by atoms with Gasteiger partial charge in [-0.15, -0.1) is 0 Å². The Morgan fingerprint density at radius 2 is 1.43 bits per heavy atom. The van der Waals surface area contributed by atoms with E-state index in [9.17, 15) is 9.59 Å². The number of imidazole rings is 1. The van der Waals surface area contributed by atoms with Crippen LogP contribution in [-0.2, 0) is 20.1 Å². The second kappa shape index (κ2) is 8.75. The lowest BCUT2D eigenvalue weighted by atomic mass is 10.2. The number of rotatable bonds is 7. The van der Waals surface area contributed by atoms with Crippen LogP contribution in [0.4, 0.5) is 0 Å². The third-order valence-electron chi connectivity index (χ3n) is 5.00. The van der Waals surface area contributed by atoms with Gasteiger partial charge in [0.2, 0.25) is 0 Å². The van der Waals surface area contributed by atoms with Crippen LogP contribution in [0.25, 0.3) is 11.2 Å². The maximum absolute atomic E-state index is 13.5. The van der Waals surface area contributed by atoms with Crippen molar-refractivity contribution in [2.75, 3.05) is 5.75 Å². The van der Waals surface area contributed by atoms with Crippen LogP contribution in [0.15, 0.2) is 75.4 Å². The predicted octanol–water partition coefficient (Wildman–Crippen LogP) is 3.50. The largest absolute Gasteiger partial charge is 0.332 e. The normalized spacial score (nSPS) is 11.3. The highest BCUT2D eigenvalue weighted by molar-refractivity contribution is 7.99. The number of thioether (sulfide) groups is 1. The van der Waals surface area contributed by atoms with Crippen LogP contribution in [0, 0.1) is 0 Å². The summed E-state index contributed by atoms with van der Waals surface area (Å²) in [5.41, 5.74) is 2.24.